The van der Waals surface area contributed by atoms with E-state index in [0.717, 1.165) is 55.6 Å². The van der Waals surface area contributed by atoms with Gasteiger partial charge in [0, 0.05) is 26.6 Å². The molecule has 0 aliphatic rings. The van der Waals surface area contributed by atoms with Gasteiger partial charge >= 0.3 is 0 Å². The third kappa shape index (κ3) is 8.67. The summed E-state index contributed by atoms with van der Waals surface area (Å²) in [4.78, 5) is 9.84. The van der Waals surface area contributed by atoms with Gasteiger partial charge in [-0.15, -0.1) is 0 Å². The second kappa shape index (κ2) is 14.4. The molecule has 0 aromatic heterocycles. The molecule has 166 valence electrons. The molecule has 2 aromatic rings. The van der Waals surface area contributed by atoms with Crippen molar-refractivity contribution in [1.29, 1.82) is 0 Å². The normalized spacial score (nSPS) is 11.7. The Morgan fingerprint density at radius 2 is 1.13 bits per heavy atom. The van der Waals surface area contributed by atoms with Crippen LogP contribution < -0.4 is 0 Å². The van der Waals surface area contributed by atoms with E-state index in [0.29, 0.717) is 0 Å². The molecule has 2 rings (SSSR count). The predicted octanol–water partition coefficient (Wildman–Crippen LogP) is 7.99. The molecule has 0 spiro atoms. The standard InChI is InChI=1S/C27H38N2.Pd/c1-6-11-12-13-25(29-27-18-23(9-4)15-24(10-5)19-27)20-28-26-16-21(7-2)14-22(8-3)17-26;/h14-20H,6-13H2,1-5H3;. The number of rotatable bonds is 11. The average molecular weight is 497 g/mol. The second-order valence-electron chi connectivity index (χ2n) is 7.75. The van der Waals surface area contributed by atoms with Crippen molar-refractivity contribution in [1.82, 2.24) is 0 Å². The molecule has 0 saturated heterocycles. The molecule has 30 heavy (non-hydrogen) atoms. The molecule has 0 heterocycles. The summed E-state index contributed by atoms with van der Waals surface area (Å²) >= 11 is 0. The van der Waals surface area contributed by atoms with Gasteiger partial charge in [0.15, 0.2) is 0 Å². The van der Waals surface area contributed by atoms with E-state index < -0.39 is 0 Å². The number of nitrogens with zero attached hydrogens (tertiary/aromatic N) is 2. The molecular weight excluding hydrogens is 459 g/mol. The van der Waals surface area contributed by atoms with E-state index in [1.54, 1.807) is 0 Å². The smallest absolute Gasteiger partial charge is 0.0639 e. The zero-order valence-corrected chi connectivity index (χ0v) is 21.0. The molecule has 3 heteroatoms. The molecule has 0 N–H and O–H groups in total. The van der Waals surface area contributed by atoms with Crippen molar-refractivity contribution in [3.05, 3.63) is 58.7 Å². The van der Waals surface area contributed by atoms with Crippen molar-refractivity contribution in [2.75, 3.05) is 0 Å². The van der Waals surface area contributed by atoms with Gasteiger partial charge in [-0.3, -0.25) is 9.98 Å². The first-order chi connectivity index (χ1) is 14.1. The molecule has 0 bridgehead atoms. The van der Waals surface area contributed by atoms with Crippen molar-refractivity contribution in [2.45, 2.75) is 86.0 Å². The molecule has 0 amide bonds. The van der Waals surface area contributed by atoms with Crippen LogP contribution in [0.15, 0.2) is 46.4 Å². The van der Waals surface area contributed by atoms with Crippen LogP contribution in [0.25, 0.3) is 0 Å². The monoisotopic (exact) mass is 496 g/mol. The number of benzene rings is 2. The molecule has 0 aliphatic carbocycles. The summed E-state index contributed by atoms with van der Waals surface area (Å²) in [5, 5.41) is 0. The summed E-state index contributed by atoms with van der Waals surface area (Å²) < 4.78 is 0. The summed E-state index contributed by atoms with van der Waals surface area (Å²) in [6, 6.07) is 13.4. The topological polar surface area (TPSA) is 24.7 Å². The Morgan fingerprint density at radius 1 is 0.667 bits per heavy atom. The second-order valence-corrected chi connectivity index (χ2v) is 7.75. The fourth-order valence-corrected chi connectivity index (χ4v) is 3.46. The van der Waals surface area contributed by atoms with Gasteiger partial charge in [-0.25, -0.2) is 0 Å². The minimum atomic E-state index is 0. The van der Waals surface area contributed by atoms with Crippen LogP contribution in [0.2, 0.25) is 0 Å². The van der Waals surface area contributed by atoms with Crippen molar-refractivity contribution in [3.63, 3.8) is 0 Å². The Hall–Kier alpha value is -1.56. The Kier molecular flexibility index (Phi) is 12.8. The van der Waals surface area contributed by atoms with Crippen LogP contribution in [0.3, 0.4) is 0 Å². The Labute approximate surface area is 198 Å². The molecule has 0 aliphatic heterocycles. The van der Waals surface area contributed by atoms with E-state index in [1.165, 1.54) is 35.1 Å². The SMILES string of the molecule is CCCCCC(C=Nc1cc(CC)cc(CC)c1)=Nc1cc(CC)cc(CC)c1.[Pd]. The van der Waals surface area contributed by atoms with E-state index in [2.05, 4.69) is 71.0 Å². The minimum absolute atomic E-state index is 0. The van der Waals surface area contributed by atoms with Crippen LogP contribution >= 0.6 is 0 Å². The van der Waals surface area contributed by atoms with Crippen molar-refractivity contribution in [3.8, 4) is 0 Å². The van der Waals surface area contributed by atoms with Gasteiger partial charge in [0.25, 0.3) is 0 Å². The number of aliphatic imine (C=N–C) groups is 2. The van der Waals surface area contributed by atoms with Gasteiger partial charge in [-0.2, -0.15) is 0 Å². The summed E-state index contributed by atoms with van der Waals surface area (Å²) in [7, 11) is 0. The molecule has 2 nitrogen and oxygen atoms in total. The maximum Gasteiger partial charge on any atom is 0.0639 e. The van der Waals surface area contributed by atoms with E-state index in [1.807, 2.05) is 6.21 Å². The summed E-state index contributed by atoms with van der Waals surface area (Å²) in [6.07, 6.45) is 10.7. The summed E-state index contributed by atoms with van der Waals surface area (Å²) in [5.41, 5.74) is 8.60. The molecule has 0 radical (unpaired) electrons. The van der Waals surface area contributed by atoms with E-state index in [-0.39, 0.29) is 20.4 Å². The zero-order chi connectivity index (χ0) is 21.1. The first kappa shape index (κ1) is 26.5. The molecule has 0 fully saturated rings. The largest absolute Gasteiger partial charge is 0.255 e. The van der Waals surface area contributed by atoms with Gasteiger partial charge in [0.05, 0.1) is 17.1 Å². The van der Waals surface area contributed by atoms with Crippen LogP contribution in [0, 0.1) is 0 Å². The summed E-state index contributed by atoms with van der Waals surface area (Å²) in [6.45, 7) is 11.1. The third-order valence-corrected chi connectivity index (χ3v) is 5.38. The number of hydrogen-bond acceptors (Lipinski definition) is 2. The van der Waals surface area contributed by atoms with Gasteiger partial charge in [-0.1, -0.05) is 59.6 Å². The van der Waals surface area contributed by atoms with E-state index in [9.17, 15) is 0 Å². The quantitative estimate of drug-likeness (QED) is 0.171. The Bertz CT molecular complexity index is 792. The molecule has 0 unspecified atom stereocenters. The average Bonchev–Trinajstić information content (AvgIpc) is 2.76. The maximum absolute atomic E-state index is 5.02. The first-order valence-electron chi connectivity index (χ1n) is 11.5. The van der Waals surface area contributed by atoms with Crippen LogP contribution in [-0.2, 0) is 46.1 Å². The van der Waals surface area contributed by atoms with Crippen LogP contribution in [0.1, 0.15) is 82.6 Å². The van der Waals surface area contributed by atoms with Crippen LogP contribution in [0.5, 0.6) is 0 Å². The van der Waals surface area contributed by atoms with Gasteiger partial charge < -0.3 is 0 Å². The molecule has 2 aromatic carbocycles. The van der Waals surface area contributed by atoms with Crippen molar-refractivity contribution < 1.29 is 20.4 Å². The van der Waals surface area contributed by atoms with E-state index >= 15 is 0 Å². The first-order valence-corrected chi connectivity index (χ1v) is 11.5. The zero-order valence-electron chi connectivity index (χ0n) is 19.4. The maximum atomic E-state index is 5.02. The molecule has 0 atom stereocenters. The van der Waals surface area contributed by atoms with Crippen molar-refractivity contribution in [2.24, 2.45) is 9.98 Å². The Balaban J connectivity index is 0.00000450. The number of unbranched alkanes of at least 4 members (excludes halogenated alkanes) is 2. The molecular formula is C27H38N2Pd. The molecule has 0 saturated carbocycles. The third-order valence-electron chi connectivity index (χ3n) is 5.38. The fourth-order valence-electron chi connectivity index (χ4n) is 3.46. The van der Waals surface area contributed by atoms with Gasteiger partial charge in [-0.05, 0) is 85.0 Å². The number of hydrogen-bond donors (Lipinski definition) is 0. The Morgan fingerprint density at radius 3 is 1.57 bits per heavy atom. The minimum Gasteiger partial charge on any atom is -0.255 e. The predicted molar refractivity (Wildman–Crippen MR) is 130 cm³/mol. The van der Waals surface area contributed by atoms with Gasteiger partial charge in [0.1, 0.15) is 0 Å². The fraction of sp³-hybridized carbons (Fsp3) is 0.481. The summed E-state index contributed by atoms with van der Waals surface area (Å²) in [5.74, 6) is 0. The van der Waals surface area contributed by atoms with Gasteiger partial charge in [0.2, 0.25) is 0 Å². The van der Waals surface area contributed by atoms with E-state index in [4.69, 9.17) is 9.98 Å². The van der Waals surface area contributed by atoms with Crippen molar-refractivity contribution >= 4 is 23.3 Å². The van der Waals surface area contributed by atoms with Crippen LogP contribution in [-0.4, -0.2) is 11.9 Å². The van der Waals surface area contributed by atoms with Crippen LogP contribution in [0.4, 0.5) is 11.4 Å². The number of aryl methyl sites for hydroxylation is 4.